The second-order valence-corrected chi connectivity index (χ2v) is 9.89. The number of fused-ring (bicyclic) bond motifs is 1. The van der Waals surface area contributed by atoms with Gasteiger partial charge < -0.3 is 10.2 Å². The minimum Gasteiger partial charge on any atom is -0.369 e. The Labute approximate surface area is 205 Å². The summed E-state index contributed by atoms with van der Waals surface area (Å²) in [6.45, 7) is 5.16. The highest BCUT2D eigenvalue weighted by Crippen LogP contribution is 2.23. The molecule has 0 radical (unpaired) electrons. The molecule has 174 valence electrons. The molecule has 1 saturated heterocycles. The van der Waals surface area contributed by atoms with Crippen LogP contribution in [0.1, 0.15) is 23.4 Å². The van der Waals surface area contributed by atoms with Crippen LogP contribution >= 0.6 is 11.3 Å². The molecule has 1 aromatic heterocycles. The average Bonchev–Trinajstić information content (AvgIpc) is 3.29. The molecule has 0 atom stereocenters. The Bertz CT molecular complexity index is 1180. The zero-order valence-electron chi connectivity index (χ0n) is 19.3. The van der Waals surface area contributed by atoms with E-state index in [1.807, 2.05) is 30.3 Å². The lowest BCUT2D eigenvalue weighted by Gasteiger charge is -2.36. The molecule has 5 rings (SSSR count). The summed E-state index contributed by atoms with van der Waals surface area (Å²) in [5, 5.41) is 4.14. The van der Waals surface area contributed by atoms with E-state index in [0.717, 1.165) is 61.8 Å². The Morgan fingerprint density at radius 2 is 1.62 bits per heavy atom. The normalized spacial score (nSPS) is 14.4. The number of nitrogens with one attached hydrogen (secondary N) is 1. The van der Waals surface area contributed by atoms with Crippen LogP contribution in [0, 0.1) is 0 Å². The number of aryl methyl sites for hydroxylation is 1. The minimum absolute atomic E-state index is 0.0587. The first kappa shape index (κ1) is 22.6. The molecule has 1 fully saturated rings. The fourth-order valence-corrected chi connectivity index (χ4v) is 5.42. The molecule has 0 spiro atoms. The van der Waals surface area contributed by atoms with Crippen LogP contribution in [0.3, 0.4) is 0 Å². The number of carbonyl (C=O) groups is 1. The van der Waals surface area contributed by atoms with Crippen molar-refractivity contribution in [2.24, 2.45) is 0 Å². The van der Waals surface area contributed by atoms with Gasteiger partial charge in [-0.1, -0.05) is 42.5 Å². The van der Waals surface area contributed by atoms with Crippen molar-refractivity contribution >= 4 is 38.8 Å². The second-order valence-electron chi connectivity index (χ2n) is 8.77. The molecule has 34 heavy (non-hydrogen) atoms. The lowest BCUT2D eigenvalue weighted by Crippen LogP contribution is -2.45. The number of anilines is 2. The monoisotopic (exact) mass is 470 g/mol. The molecule has 0 bridgehead atoms. The van der Waals surface area contributed by atoms with Crippen LogP contribution in [-0.2, 0) is 17.8 Å². The summed E-state index contributed by atoms with van der Waals surface area (Å²) in [6, 6.07) is 27.1. The smallest absolute Gasteiger partial charge is 0.224 e. The van der Waals surface area contributed by atoms with E-state index in [0.29, 0.717) is 6.42 Å². The van der Waals surface area contributed by atoms with Crippen LogP contribution in [0.2, 0.25) is 0 Å². The van der Waals surface area contributed by atoms with Gasteiger partial charge in [-0.2, -0.15) is 0 Å². The fourth-order valence-electron chi connectivity index (χ4n) is 4.41. The number of hydrogen-bond acceptors (Lipinski definition) is 5. The second kappa shape index (κ2) is 10.8. The Balaban J connectivity index is 1.05. The summed E-state index contributed by atoms with van der Waals surface area (Å²) in [6.07, 6.45) is 2.14. The lowest BCUT2D eigenvalue weighted by atomic mass is 10.2. The number of piperazine rings is 1. The molecule has 0 unspecified atom stereocenters. The number of nitrogens with zero attached hydrogens (tertiary/aromatic N) is 3. The predicted molar refractivity (Wildman–Crippen MR) is 142 cm³/mol. The average molecular weight is 471 g/mol. The third-order valence-corrected chi connectivity index (χ3v) is 7.37. The molecular formula is C28H30N4OS. The Kier molecular flexibility index (Phi) is 7.17. The van der Waals surface area contributed by atoms with Crippen LogP contribution in [0.5, 0.6) is 0 Å². The highest BCUT2D eigenvalue weighted by Gasteiger charge is 2.17. The van der Waals surface area contributed by atoms with Crippen LogP contribution in [0.4, 0.5) is 11.4 Å². The standard InChI is InChI=1S/C28H30N4OS/c33-27(11-6-12-28-30-25-9-4-5-10-26(25)34-28)29-23-13-15-24(16-14-23)32-19-17-31(18-20-32)21-22-7-2-1-3-8-22/h1-5,7-10,13-16H,6,11-12,17-21H2,(H,29,33). The first-order chi connectivity index (χ1) is 16.7. The van der Waals surface area contributed by atoms with Crippen molar-refractivity contribution in [1.29, 1.82) is 0 Å². The SMILES string of the molecule is O=C(CCCc1nc2ccccc2s1)Nc1ccc(N2CCN(Cc3ccccc3)CC2)cc1. The van der Waals surface area contributed by atoms with Gasteiger partial charge >= 0.3 is 0 Å². The van der Waals surface area contributed by atoms with Gasteiger partial charge in [-0.05, 0) is 54.8 Å². The maximum atomic E-state index is 12.4. The van der Waals surface area contributed by atoms with Gasteiger partial charge in [0.1, 0.15) is 0 Å². The van der Waals surface area contributed by atoms with Gasteiger partial charge in [-0.3, -0.25) is 9.69 Å². The highest BCUT2D eigenvalue weighted by molar-refractivity contribution is 7.18. The number of benzene rings is 3. The quantitative estimate of drug-likeness (QED) is 0.365. The van der Waals surface area contributed by atoms with Crippen LogP contribution in [-0.4, -0.2) is 42.0 Å². The van der Waals surface area contributed by atoms with Crippen LogP contribution < -0.4 is 10.2 Å². The number of hydrogen-bond donors (Lipinski definition) is 1. The number of aromatic nitrogens is 1. The van der Waals surface area contributed by atoms with E-state index < -0.39 is 0 Å². The fraction of sp³-hybridized carbons (Fsp3) is 0.286. The van der Waals surface area contributed by atoms with Gasteiger partial charge in [0.2, 0.25) is 5.91 Å². The molecule has 1 aliphatic heterocycles. The molecule has 3 aromatic carbocycles. The van der Waals surface area contributed by atoms with Crippen LogP contribution in [0.15, 0.2) is 78.9 Å². The van der Waals surface area contributed by atoms with E-state index in [1.54, 1.807) is 11.3 Å². The number of para-hydroxylation sites is 1. The number of thiazole rings is 1. The summed E-state index contributed by atoms with van der Waals surface area (Å²) in [7, 11) is 0. The minimum atomic E-state index is 0.0587. The Hall–Kier alpha value is -3.22. The van der Waals surface area contributed by atoms with Gasteiger partial charge in [-0.25, -0.2) is 4.98 Å². The van der Waals surface area contributed by atoms with Crippen molar-refractivity contribution < 1.29 is 4.79 Å². The predicted octanol–water partition coefficient (Wildman–Crippen LogP) is 5.58. The molecule has 1 N–H and O–H groups in total. The number of amides is 1. The molecule has 0 aliphatic carbocycles. The molecule has 0 saturated carbocycles. The number of rotatable bonds is 8. The molecular weight excluding hydrogens is 440 g/mol. The Morgan fingerprint density at radius 3 is 2.38 bits per heavy atom. The van der Waals surface area contributed by atoms with Crippen molar-refractivity contribution in [3.8, 4) is 0 Å². The van der Waals surface area contributed by atoms with Crippen molar-refractivity contribution in [2.75, 3.05) is 36.4 Å². The third kappa shape index (κ3) is 5.82. The van der Waals surface area contributed by atoms with Gasteiger partial charge in [0, 0.05) is 50.5 Å². The van der Waals surface area contributed by atoms with E-state index in [9.17, 15) is 4.79 Å². The maximum Gasteiger partial charge on any atom is 0.224 e. The molecule has 1 aliphatic rings. The van der Waals surface area contributed by atoms with Crippen LogP contribution in [0.25, 0.3) is 10.2 Å². The molecule has 2 heterocycles. The zero-order chi connectivity index (χ0) is 23.2. The van der Waals surface area contributed by atoms with Gasteiger partial charge in [0.15, 0.2) is 0 Å². The molecule has 5 nitrogen and oxygen atoms in total. The molecule has 1 amide bonds. The van der Waals surface area contributed by atoms with Gasteiger partial charge in [0.25, 0.3) is 0 Å². The Morgan fingerprint density at radius 1 is 0.882 bits per heavy atom. The summed E-state index contributed by atoms with van der Waals surface area (Å²) in [5.74, 6) is 0.0587. The summed E-state index contributed by atoms with van der Waals surface area (Å²) >= 11 is 1.72. The van der Waals surface area contributed by atoms with Crippen molar-refractivity contribution in [3.05, 3.63) is 89.4 Å². The first-order valence-electron chi connectivity index (χ1n) is 12.0. The van der Waals surface area contributed by atoms with E-state index in [1.165, 1.54) is 16.0 Å². The van der Waals surface area contributed by atoms with E-state index >= 15 is 0 Å². The van der Waals surface area contributed by atoms with Crippen molar-refractivity contribution in [3.63, 3.8) is 0 Å². The zero-order valence-corrected chi connectivity index (χ0v) is 20.1. The molecule has 6 heteroatoms. The molecule has 4 aromatic rings. The van der Waals surface area contributed by atoms with E-state index in [-0.39, 0.29) is 5.91 Å². The first-order valence-corrected chi connectivity index (χ1v) is 12.8. The highest BCUT2D eigenvalue weighted by atomic mass is 32.1. The van der Waals surface area contributed by atoms with E-state index in [2.05, 4.69) is 68.6 Å². The summed E-state index contributed by atoms with van der Waals surface area (Å²) in [5.41, 5.74) is 4.49. The summed E-state index contributed by atoms with van der Waals surface area (Å²) in [4.78, 5) is 22.0. The van der Waals surface area contributed by atoms with Gasteiger partial charge in [0.05, 0.1) is 15.2 Å². The third-order valence-electron chi connectivity index (χ3n) is 6.27. The van der Waals surface area contributed by atoms with Gasteiger partial charge in [-0.15, -0.1) is 11.3 Å². The largest absolute Gasteiger partial charge is 0.369 e. The van der Waals surface area contributed by atoms with Crippen molar-refractivity contribution in [2.45, 2.75) is 25.8 Å². The lowest BCUT2D eigenvalue weighted by molar-refractivity contribution is -0.116. The topological polar surface area (TPSA) is 48.5 Å². The summed E-state index contributed by atoms with van der Waals surface area (Å²) < 4.78 is 1.21. The maximum absolute atomic E-state index is 12.4. The van der Waals surface area contributed by atoms with Crippen molar-refractivity contribution in [1.82, 2.24) is 9.88 Å². The number of carbonyl (C=O) groups excluding carboxylic acids is 1. The van der Waals surface area contributed by atoms with E-state index in [4.69, 9.17) is 0 Å².